The largest absolute Gasteiger partial charge is 0.311 e. The highest BCUT2D eigenvalue weighted by molar-refractivity contribution is 7.00. The Kier molecular flexibility index (Phi) is 6.64. The summed E-state index contributed by atoms with van der Waals surface area (Å²) < 4.78 is 8.99. The summed E-state index contributed by atoms with van der Waals surface area (Å²) in [5.41, 5.74) is 8.46. The first-order valence-corrected chi connectivity index (χ1v) is 12.9. The molecule has 38 heavy (non-hydrogen) atoms. The fourth-order valence-electron chi connectivity index (χ4n) is 4.16. The quantitative estimate of drug-likeness (QED) is 0.229. The monoisotopic (exact) mass is 503 g/mol. The van der Waals surface area contributed by atoms with Gasteiger partial charge in [-0.05, 0) is 72.8 Å². The number of hydrogen-bond acceptors (Lipinski definition) is 4. The van der Waals surface area contributed by atoms with Gasteiger partial charge in [0.15, 0.2) is 0 Å². The zero-order valence-corrected chi connectivity index (χ0v) is 21.2. The van der Waals surface area contributed by atoms with E-state index in [1.165, 1.54) is 11.7 Å². The molecule has 0 unspecified atom stereocenters. The van der Waals surface area contributed by atoms with E-state index in [0.717, 1.165) is 50.3 Å². The van der Waals surface area contributed by atoms with Gasteiger partial charge in [0.25, 0.3) is 0 Å². The standard InChI is InChI=1S/C34H21N3S/c1-4-10-26(11-5-1)16-20-28-22-23-29(34-33(28)35-38-36-34)21-17-27-18-24-32(25-19-27)37(30-12-6-2-7-13-30)31-14-8-3-9-15-31/h1-15,18-19,22-25H. The summed E-state index contributed by atoms with van der Waals surface area (Å²) in [6.45, 7) is 0. The molecule has 0 aliphatic carbocycles. The number of nitrogens with zero attached hydrogens (tertiary/aromatic N) is 3. The predicted molar refractivity (Wildman–Crippen MR) is 157 cm³/mol. The molecule has 0 saturated carbocycles. The lowest BCUT2D eigenvalue weighted by Gasteiger charge is -2.25. The van der Waals surface area contributed by atoms with Crippen LogP contribution in [0.5, 0.6) is 0 Å². The summed E-state index contributed by atoms with van der Waals surface area (Å²) in [6, 6.07) is 42.9. The Morgan fingerprint density at radius 3 is 1.34 bits per heavy atom. The number of anilines is 3. The van der Waals surface area contributed by atoms with Crippen molar-refractivity contribution in [2.75, 3.05) is 4.90 Å². The van der Waals surface area contributed by atoms with E-state index >= 15 is 0 Å². The molecular formula is C34H21N3S. The van der Waals surface area contributed by atoms with E-state index in [9.17, 15) is 0 Å². The van der Waals surface area contributed by atoms with Crippen molar-refractivity contribution in [3.63, 3.8) is 0 Å². The Balaban J connectivity index is 1.29. The molecule has 178 valence electrons. The Morgan fingerprint density at radius 1 is 0.421 bits per heavy atom. The number of para-hydroxylation sites is 2. The van der Waals surface area contributed by atoms with Gasteiger partial charge in [-0.3, -0.25) is 0 Å². The second-order valence-electron chi connectivity index (χ2n) is 8.54. The van der Waals surface area contributed by atoms with Crippen molar-refractivity contribution in [1.82, 2.24) is 8.75 Å². The van der Waals surface area contributed by atoms with Crippen LogP contribution in [0.25, 0.3) is 11.0 Å². The highest BCUT2D eigenvalue weighted by Crippen LogP contribution is 2.34. The molecule has 0 aliphatic heterocycles. The first kappa shape index (κ1) is 23.3. The molecule has 3 nitrogen and oxygen atoms in total. The smallest absolute Gasteiger partial charge is 0.121 e. The van der Waals surface area contributed by atoms with E-state index in [1.807, 2.05) is 54.6 Å². The minimum atomic E-state index is 0.790. The van der Waals surface area contributed by atoms with E-state index in [2.05, 4.69) is 110 Å². The van der Waals surface area contributed by atoms with Crippen LogP contribution in [0.4, 0.5) is 17.1 Å². The van der Waals surface area contributed by atoms with Crippen LogP contribution in [0.2, 0.25) is 0 Å². The number of aromatic nitrogens is 2. The van der Waals surface area contributed by atoms with Crippen molar-refractivity contribution in [3.8, 4) is 23.7 Å². The lowest BCUT2D eigenvalue weighted by molar-refractivity contribution is 1.28. The molecule has 0 fully saturated rings. The second-order valence-corrected chi connectivity index (χ2v) is 9.07. The molecule has 6 rings (SSSR count). The van der Waals surface area contributed by atoms with Crippen molar-refractivity contribution in [2.45, 2.75) is 0 Å². The lowest BCUT2D eigenvalue weighted by Crippen LogP contribution is -2.09. The lowest BCUT2D eigenvalue weighted by atomic mass is 10.1. The maximum atomic E-state index is 4.50. The number of rotatable bonds is 3. The number of hydrogen-bond donors (Lipinski definition) is 0. The van der Waals surface area contributed by atoms with Crippen molar-refractivity contribution in [2.24, 2.45) is 0 Å². The third-order valence-corrected chi connectivity index (χ3v) is 6.55. The zero-order chi connectivity index (χ0) is 25.6. The summed E-state index contributed by atoms with van der Waals surface area (Å²) in [4.78, 5) is 2.23. The molecule has 4 heteroatoms. The minimum Gasteiger partial charge on any atom is -0.311 e. The van der Waals surface area contributed by atoms with E-state index in [4.69, 9.17) is 0 Å². The third kappa shape index (κ3) is 5.04. The van der Waals surface area contributed by atoms with Crippen molar-refractivity contribution >= 4 is 39.8 Å². The van der Waals surface area contributed by atoms with Crippen molar-refractivity contribution in [1.29, 1.82) is 0 Å². The molecule has 0 bridgehead atoms. The summed E-state index contributed by atoms with van der Waals surface area (Å²) in [6.07, 6.45) is 0. The summed E-state index contributed by atoms with van der Waals surface area (Å²) in [5.74, 6) is 13.0. The number of benzene rings is 5. The molecule has 0 spiro atoms. The molecule has 0 N–H and O–H groups in total. The average molecular weight is 504 g/mol. The van der Waals surface area contributed by atoms with Crippen LogP contribution in [-0.4, -0.2) is 8.75 Å². The zero-order valence-electron chi connectivity index (χ0n) is 20.4. The Bertz CT molecular complexity index is 1760. The summed E-state index contributed by atoms with van der Waals surface area (Å²) >= 11 is 1.18. The fourth-order valence-corrected chi connectivity index (χ4v) is 4.74. The maximum absolute atomic E-state index is 4.50. The van der Waals surface area contributed by atoms with E-state index in [1.54, 1.807) is 0 Å². The Morgan fingerprint density at radius 2 is 0.842 bits per heavy atom. The minimum absolute atomic E-state index is 0.790. The molecule has 5 aromatic carbocycles. The van der Waals surface area contributed by atoms with E-state index in [0.29, 0.717) is 0 Å². The van der Waals surface area contributed by atoms with Crippen LogP contribution < -0.4 is 4.90 Å². The molecule has 6 aromatic rings. The van der Waals surface area contributed by atoms with Crippen LogP contribution in [0.1, 0.15) is 22.3 Å². The topological polar surface area (TPSA) is 29.0 Å². The van der Waals surface area contributed by atoms with Crippen LogP contribution in [0.3, 0.4) is 0 Å². The summed E-state index contributed by atoms with van der Waals surface area (Å²) in [5, 5.41) is 0. The van der Waals surface area contributed by atoms with Gasteiger partial charge >= 0.3 is 0 Å². The van der Waals surface area contributed by atoms with Gasteiger partial charge in [-0.15, -0.1) is 0 Å². The third-order valence-electron chi connectivity index (χ3n) is 6.03. The molecule has 0 radical (unpaired) electrons. The second kappa shape index (κ2) is 10.8. The molecule has 0 amide bonds. The van der Waals surface area contributed by atoms with Gasteiger partial charge in [0.05, 0.1) is 22.9 Å². The molecular weight excluding hydrogens is 482 g/mol. The predicted octanol–water partition coefficient (Wildman–Crippen LogP) is 7.96. The molecule has 0 aliphatic rings. The van der Waals surface area contributed by atoms with Gasteiger partial charge in [0.2, 0.25) is 0 Å². The fraction of sp³-hybridized carbons (Fsp3) is 0. The van der Waals surface area contributed by atoms with Gasteiger partial charge < -0.3 is 4.90 Å². The van der Waals surface area contributed by atoms with Gasteiger partial charge in [-0.25, -0.2) is 0 Å². The first-order valence-electron chi connectivity index (χ1n) is 12.2. The highest BCUT2D eigenvalue weighted by Gasteiger charge is 2.11. The van der Waals surface area contributed by atoms with Gasteiger partial charge in [-0.1, -0.05) is 78.3 Å². The SMILES string of the molecule is C(#Cc1ccc(C#Cc2ccc(N(c3ccccc3)c3ccccc3)cc2)c2nsnc12)c1ccccc1. The first-order chi connectivity index (χ1) is 18.8. The molecule has 1 aromatic heterocycles. The van der Waals surface area contributed by atoms with Crippen molar-refractivity contribution in [3.05, 3.63) is 150 Å². The van der Waals surface area contributed by atoms with Crippen LogP contribution in [0.15, 0.2) is 127 Å². The highest BCUT2D eigenvalue weighted by atomic mass is 32.1. The summed E-state index contributed by atoms with van der Waals surface area (Å²) in [7, 11) is 0. The average Bonchev–Trinajstić information content (AvgIpc) is 3.49. The van der Waals surface area contributed by atoms with Crippen LogP contribution in [-0.2, 0) is 0 Å². The Labute approximate surface area is 226 Å². The molecule has 1 heterocycles. The van der Waals surface area contributed by atoms with Crippen molar-refractivity contribution < 1.29 is 0 Å². The van der Waals surface area contributed by atoms with Gasteiger partial charge in [-0.2, -0.15) is 8.75 Å². The van der Waals surface area contributed by atoms with E-state index < -0.39 is 0 Å². The van der Waals surface area contributed by atoms with Gasteiger partial charge in [0.1, 0.15) is 11.0 Å². The van der Waals surface area contributed by atoms with Crippen LogP contribution >= 0.6 is 11.7 Å². The number of fused-ring (bicyclic) bond motifs is 1. The van der Waals surface area contributed by atoms with E-state index in [-0.39, 0.29) is 0 Å². The normalized spacial score (nSPS) is 10.2. The maximum Gasteiger partial charge on any atom is 0.121 e. The van der Waals surface area contributed by atoms with Gasteiger partial charge in [0, 0.05) is 28.2 Å². The van der Waals surface area contributed by atoms with Crippen LogP contribution in [0, 0.1) is 23.7 Å². The molecule has 0 atom stereocenters. The molecule has 0 saturated heterocycles. The Hall–Kier alpha value is -5.16.